The summed E-state index contributed by atoms with van der Waals surface area (Å²) in [6.07, 6.45) is 48.9. The molecule has 0 aromatic carbocycles. The molecule has 0 saturated carbocycles. The number of nitrogens with one attached hydrogen (secondary N) is 1. The van der Waals surface area contributed by atoms with Crippen LogP contribution in [0.4, 0.5) is 0 Å². The number of hydrogen-bond donors (Lipinski definition) is 12. The highest BCUT2D eigenvalue weighted by molar-refractivity contribution is 5.76. The van der Waals surface area contributed by atoms with Crippen LogP contribution in [0.5, 0.6) is 0 Å². The smallest absolute Gasteiger partial charge is 0.220 e. The van der Waals surface area contributed by atoms with Gasteiger partial charge in [-0.1, -0.05) is 238 Å². The first-order chi connectivity index (χ1) is 45.8. The summed E-state index contributed by atoms with van der Waals surface area (Å²) in [5.74, 6) is -0.293. The van der Waals surface area contributed by atoms with E-state index >= 15 is 0 Å². The standard InChI is InChI=1S/C75H125NO18/c1-3-5-7-9-11-13-15-17-19-20-21-22-23-24-25-26-27-28-29-30-31-32-33-34-35-36-37-38-39-41-43-45-47-49-51-53-63(81)76-58(59(80)52-50-48-46-44-42-40-18-16-14-12-10-8-6-4-2)57-89-73-69(87)66(84)71(61(55-78)91-73)94-75-70(88)67(85)72(62(56-79)92-75)93-74-68(86)65(83)64(82)60(54-77)90-74/h5,7,11,13,17,19,21-22,24-25,27-28,30-31,33-34,36-37,50,52,58-62,64-75,77-80,82-88H,3-4,6,8-10,12,14-16,18,20,23,26,29,32,35,38-49,51,53-57H2,1-2H3,(H,76,81)/b7-5-,13-11-,19-17-,22-21-,25-24-,28-27-,31-30-,34-33-,37-36-,52-50+. The third-order valence-electron chi connectivity index (χ3n) is 17.0. The molecule has 0 radical (unpaired) electrons. The molecule has 94 heavy (non-hydrogen) atoms. The molecule has 538 valence electrons. The van der Waals surface area contributed by atoms with Crippen molar-refractivity contribution in [2.75, 3.05) is 26.4 Å². The van der Waals surface area contributed by atoms with Gasteiger partial charge in [0, 0.05) is 6.42 Å². The Kier molecular flexibility index (Phi) is 49.5. The van der Waals surface area contributed by atoms with Gasteiger partial charge in [0.15, 0.2) is 18.9 Å². The van der Waals surface area contributed by atoms with Gasteiger partial charge in [0.25, 0.3) is 0 Å². The van der Waals surface area contributed by atoms with Crippen molar-refractivity contribution in [3.8, 4) is 0 Å². The number of ether oxygens (including phenoxy) is 6. The van der Waals surface area contributed by atoms with Crippen molar-refractivity contribution in [1.82, 2.24) is 5.32 Å². The van der Waals surface area contributed by atoms with Gasteiger partial charge >= 0.3 is 0 Å². The molecule has 17 unspecified atom stereocenters. The molecule has 12 N–H and O–H groups in total. The van der Waals surface area contributed by atoms with Crippen molar-refractivity contribution in [3.63, 3.8) is 0 Å². The lowest BCUT2D eigenvalue weighted by Gasteiger charge is -2.48. The van der Waals surface area contributed by atoms with Gasteiger partial charge in [-0.3, -0.25) is 4.79 Å². The first kappa shape index (κ1) is 84.4. The van der Waals surface area contributed by atoms with Crippen LogP contribution in [-0.4, -0.2) is 193 Å². The predicted molar refractivity (Wildman–Crippen MR) is 369 cm³/mol. The largest absolute Gasteiger partial charge is 0.394 e. The molecule has 3 fully saturated rings. The minimum atomic E-state index is -1.98. The summed E-state index contributed by atoms with van der Waals surface area (Å²) in [5, 5.41) is 120. The molecular weight excluding hydrogens is 1200 g/mol. The third kappa shape index (κ3) is 36.1. The maximum Gasteiger partial charge on any atom is 0.220 e. The van der Waals surface area contributed by atoms with Crippen LogP contribution in [0.3, 0.4) is 0 Å². The van der Waals surface area contributed by atoms with Gasteiger partial charge in [-0.05, 0) is 89.9 Å². The Balaban J connectivity index is 1.38. The van der Waals surface area contributed by atoms with Crippen LogP contribution in [0.25, 0.3) is 0 Å². The topological polar surface area (TPSA) is 307 Å². The molecule has 0 aromatic heterocycles. The average Bonchev–Trinajstić information content (AvgIpc) is 0.792. The highest BCUT2D eigenvalue weighted by atomic mass is 16.8. The maximum absolute atomic E-state index is 13.4. The molecule has 1 amide bonds. The summed E-state index contributed by atoms with van der Waals surface area (Å²) in [4.78, 5) is 13.4. The summed E-state index contributed by atoms with van der Waals surface area (Å²) >= 11 is 0. The number of carbonyl (C=O) groups is 1. The van der Waals surface area contributed by atoms with Crippen LogP contribution in [-0.2, 0) is 33.2 Å². The van der Waals surface area contributed by atoms with Crippen molar-refractivity contribution >= 4 is 5.91 Å². The fourth-order valence-corrected chi connectivity index (χ4v) is 11.2. The second-order valence-electron chi connectivity index (χ2n) is 25.0. The van der Waals surface area contributed by atoms with E-state index in [4.69, 9.17) is 28.4 Å². The lowest BCUT2D eigenvalue weighted by molar-refractivity contribution is -0.379. The van der Waals surface area contributed by atoms with E-state index in [2.05, 4.69) is 129 Å². The first-order valence-corrected chi connectivity index (χ1v) is 35.8. The van der Waals surface area contributed by atoms with Crippen molar-refractivity contribution in [3.05, 3.63) is 122 Å². The summed E-state index contributed by atoms with van der Waals surface area (Å²) < 4.78 is 34.3. The number of unbranched alkanes of at least 4 members (excludes halogenated alkanes) is 19. The van der Waals surface area contributed by atoms with Crippen LogP contribution in [0, 0.1) is 0 Å². The fourth-order valence-electron chi connectivity index (χ4n) is 11.2. The van der Waals surface area contributed by atoms with Gasteiger partial charge in [0.1, 0.15) is 73.2 Å². The van der Waals surface area contributed by atoms with Crippen LogP contribution < -0.4 is 5.32 Å². The minimum absolute atomic E-state index is 0.222. The summed E-state index contributed by atoms with van der Waals surface area (Å²) in [6.45, 7) is 1.58. The van der Waals surface area contributed by atoms with E-state index in [9.17, 15) is 61.0 Å². The van der Waals surface area contributed by atoms with E-state index in [0.717, 1.165) is 128 Å². The first-order valence-electron chi connectivity index (χ1n) is 35.8. The van der Waals surface area contributed by atoms with E-state index in [1.165, 1.54) is 57.8 Å². The molecule has 0 aromatic rings. The Bertz CT molecular complexity index is 2180. The van der Waals surface area contributed by atoms with Crippen molar-refractivity contribution in [2.45, 2.75) is 317 Å². The Morgan fingerprint density at radius 1 is 0.394 bits per heavy atom. The van der Waals surface area contributed by atoms with Gasteiger partial charge in [-0.2, -0.15) is 0 Å². The number of allylic oxidation sites excluding steroid dienone is 19. The Labute approximate surface area is 563 Å². The zero-order chi connectivity index (χ0) is 68.2. The molecule has 3 rings (SSSR count). The van der Waals surface area contributed by atoms with Gasteiger partial charge in [0.05, 0.1) is 38.6 Å². The Morgan fingerprint density at radius 2 is 0.734 bits per heavy atom. The third-order valence-corrected chi connectivity index (χ3v) is 17.0. The summed E-state index contributed by atoms with van der Waals surface area (Å²) in [6, 6.07) is -0.988. The number of hydrogen-bond acceptors (Lipinski definition) is 18. The molecule has 3 aliphatic heterocycles. The highest BCUT2D eigenvalue weighted by Crippen LogP contribution is 2.33. The van der Waals surface area contributed by atoms with Gasteiger partial charge in [0.2, 0.25) is 5.91 Å². The fraction of sp³-hybridized carbons (Fsp3) is 0.720. The summed E-state index contributed by atoms with van der Waals surface area (Å²) in [7, 11) is 0. The molecular formula is C75H125NO18. The highest BCUT2D eigenvalue weighted by Gasteiger charge is 2.53. The lowest BCUT2D eigenvalue weighted by Crippen LogP contribution is -2.66. The molecule has 0 aliphatic carbocycles. The normalized spacial score (nSPS) is 28.1. The van der Waals surface area contributed by atoms with Crippen molar-refractivity contribution in [2.24, 2.45) is 0 Å². The van der Waals surface area contributed by atoms with Gasteiger partial charge < -0.3 is 89.9 Å². The molecule has 19 heteroatoms. The van der Waals surface area contributed by atoms with Crippen molar-refractivity contribution in [1.29, 1.82) is 0 Å². The van der Waals surface area contributed by atoms with Crippen molar-refractivity contribution < 1.29 is 89.4 Å². The number of amides is 1. The van der Waals surface area contributed by atoms with Crippen LogP contribution in [0.1, 0.15) is 213 Å². The molecule has 3 saturated heterocycles. The van der Waals surface area contributed by atoms with E-state index in [1.807, 2.05) is 6.08 Å². The zero-order valence-corrected chi connectivity index (χ0v) is 56.9. The number of rotatable bonds is 53. The van der Waals surface area contributed by atoms with Crippen LogP contribution in [0.2, 0.25) is 0 Å². The molecule has 0 spiro atoms. The Morgan fingerprint density at radius 3 is 1.15 bits per heavy atom. The average molecular weight is 1330 g/mol. The number of aliphatic hydroxyl groups excluding tert-OH is 11. The van der Waals surface area contributed by atoms with E-state index < -0.39 is 124 Å². The zero-order valence-electron chi connectivity index (χ0n) is 56.9. The molecule has 19 nitrogen and oxygen atoms in total. The van der Waals surface area contributed by atoms with Gasteiger partial charge in [-0.25, -0.2) is 0 Å². The predicted octanol–water partition coefficient (Wildman–Crippen LogP) is 9.99. The molecule has 0 bridgehead atoms. The minimum Gasteiger partial charge on any atom is -0.394 e. The maximum atomic E-state index is 13.4. The second-order valence-corrected chi connectivity index (χ2v) is 25.0. The summed E-state index contributed by atoms with van der Waals surface area (Å²) in [5.41, 5.74) is 0. The lowest BCUT2D eigenvalue weighted by atomic mass is 9.96. The van der Waals surface area contributed by atoms with E-state index in [-0.39, 0.29) is 18.9 Å². The molecule has 17 atom stereocenters. The number of carbonyl (C=O) groups excluding carboxylic acids is 1. The van der Waals surface area contributed by atoms with E-state index in [1.54, 1.807) is 6.08 Å². The van der Waals surface area contributed by atoms with Gasteiger partial charge in [-0.15, -0.1) is 0 Å². The quantitative estimate of drug-likeness (QED) is 0.0199. The second kappa shape index (κ2) is 55.1. The number of aliphatic hydroxyl groups is 11. The Hall–Kier alpha value is -3.81. The van der Waals surface area contributed by atoms with Crippen LogP contribution in [0.15, 0.2) is 122 Å². The monoisotopic (exact) mass is 1330 g/mol. The van der Waals surface area contributed by atoms with E-state index in [0.29, 0.717) is 6.42 Å². The molecule has 3 heterocycles. The molecule has 3 aliphatic rings. The SMILES string of the molecule is CC/C=C\C/C=C\C/C=C\C/C=C\C/C=C\C/C=C\C/C=C\C/C=C\C/C=C\CCCCCCCCCC(=O)NC(COC1OC(CO)C(OC2OC(CO)C(OC3OC(CO)C(O)C(O)C3O)C(O)C2O)C(O)C1O)C(O)/C=C/CCCCCCCCCCCCCC. The van der Waals surface area contributed by atoms with Crippen LogP contribution >= 0.6 is 0 Å².